The van der Waals surface area contributed by atoms with E-state index in [-0.39, 0.29) is 64.9 Å². The molecule has 1 spiro atoms. The first kappa shape index (κ1) is 48.6. The lowest BCUT2D eigenvalue weighted by Gasteiger charge is -2.50. The molecule has 69 heavy (non-hydrogen) atoms. The standard InChI is InChI=1S/C38H46O9.C16H12O6/c1-21(2)11-10-18-36(8)19-17-24-29(39)28-30(40)26-12-9-13-27-35(6,7)47-37(34(43)44,20-16-23(5)33(41)42)38(26,27)46-32(28)25(31(24)45-36)15-14-22(3)4;17-10-2-1-8-13-9-4-12(19)11(18)3-7(9)5-16(13,21)6-22-15(8)14(10)20/h11-12,14,16-17,19,27,39H,9-10,13,15,18,20H2,1-8H3,(H,41,42)(H,43,44);1-4,18-21H,5-6H2. The summed E-state index contributed by atoms with van der Waals surface area (Å²) in [6.45, 7) is 14.8. The normalized spacial score (nSPS) is 27.6. The molecule has 4 aliphatic heterocycles. The fourth-order valence-electron chi connectivity index (χ4n) is 10.9. The highest BCUT2D eigenvalue weighted by molar-refractivity contribution is 6.17. The Morgan fingerprint density at radius 2 is 1.57 bits per heavy atom. The summed E-state index contributed by atoms with van der Waals surface area (Å²) in [5, 5.41) is 72.5. The third-order valence-corrected chi connectivity index (χ3v) is 14.3. The number of carbonyl (C=O) groups is 4. The van der Waals surface area contributed by atoms with Crippen LogP contribution in [0.25, 0.3) is 11.6 Å². The zero-order chi connectivity index (χ0) is 50.3. The molecule has 5 atom stereocenters. The molecule has 2 aromatic rings. The monoisotopic (exact) mass is 946 g/mol. The molecule has 0 amide bonds. The fraction of sp³-hybridized carbons (Fsp3) is 0.407. The van der Waals surface area contributed by atoms with Crippen LogP contribution in [0.15, 0.2) is 94.0 Å². The van der Waals surface area contributed by atoms with Gasteiger partial charge in [-0.1, -0.05) is 35.5 Å². The van der Waals surface area contributed by atoms with Crippen molar-refractivity contribution in [3.8, 4) is 28.7 Å². The average molecular weight is 947 g/mol. The van der Waals surface area contributed by atoms with Gasteiger partial charge in [0.1, 0.15) is 40.6 Å². The van der Waals surface area contributed by atoms with E-state index < -0.39 is 63.2 Å². The number of carbonyl (C=O) groups excluding carboxylic acids is 2. The number of aromatic hydroxyl groups is 3. The summed E-state index contributed by atoms with van der Waals surface area (Å²) in [4.78, 5) is 51.6. The van der Waals surface area contributed by atoms with E-state index in [0.717, 1.165) is 12.0 Å². The molecule has 1 fully saturated rings. The minimum absolute atomic E-state index is 0.0348. The largest absolute Gasteiger partial charge is 0.506 e. The van der Waals surface area contributed by atoms with Crippen molar-refractivity contribution in [2.24, 2.45) is 5.92 Å². The summed E-state index contributed by atoms with van der Waals surface area (Å²) < 4.78 is 25.6. The number of phenols is 3. The Morgan fingerprint density at radius 3 is 2.23 bits per heavy atom. The molecule has 5 unspecified atom stereocenters. The summed E-state index contributed by atoms with van der Waals surface area (Å²) in [6.07, 6.45) is 16.0. The third-order valence-electron chi connectivity index (χ3n) is 14.3. The van der Waals surface area contributed by atoms with Gasteiger partial charge in [-0.2, -0.15) is 0 Å². The van der Waals surface area contributed by atoms with Crippen LogP contribution in [-0.2, 0) is 36.7 Å². The topological polar surface area (TPSA) is 247 Å². The Bertz CT molecular complexity index is 2890. The molecule has 0 radical (unpaired) electrons. The molecule has 4 heterocycles. The summed E-state index contributed by atoms with van der Waals surface area (Å²) in [5.41, 5.74) is -1.87. The molecule has 15 nitrogen and oxygen atoms in total. The maximum absolute atomic E-state index is 14.7. The van der Waals surface area contributed by atoms with Gasteiger partial charge in [0, 0.05) is 46.6 Å². The first-order valence-electron chi connectivity index (χ1n) is 23.0. The molecule has 7 N–H and O–H groups in total. The SMILES string of the molecule is CC(C)=CCCC1(C)C=Cc2c(O)c3c(c(CC=C(C)C)c2O1)OC12C(=CCCC1C(C)(C)OC2(CC=C(C)C(=O)O)C(=O)O)C3=O.O=C1C=CC2=C3c4cc(O)c(O)cc4CC3(O)COC2=C1O. The maximum Gasteiger partial charge on any atom is 0.340 e. The lowest BCUT2D eigenvalue weighted by molar-refractivity contribution is -0.184. The van der Waals surface area contributed by atoms with Gasteiger partial charge in [-0.05, 0) is 135 Å². The lowest BCUT2D eigenvalue weighted by Crippen LogP contribution is -2.66. The number of aliphatic hydroxyl groups is 2. The highest BCUT2D eigenvalue weighted by Gasteiger charge is 2.77. The van der Waals surface area contributed by atoms with Crippen molar-refractivity contribution in [2.75, 3.05) is 6.61 Å². The van der Waals surface area contributed by atoms with E-state index in [4.69, 9.17) is 18.9 Å². The maximum atomic E-state index is 14.7. The molecule has 0 bridgehead atoms. The van der Waals surface area contributed by atoms with Gasteiger partial charge in [-0.25, -0.2) is 9.59 Å². The Morgan fingerprint density at radius 1 is 0.870 bits per heavy atom. The van der Waals surface area contributed by atoms with Crippen LogP contribution in [0.2, 0.25) is 0 Å². The first-order valence-corrected chi connectivity index (χ1v) is 23.0. The van der Waals surface area contributed by atoms with Crippen molar-refractivity contribution in [3.05, 3.63) is 122 Å². The second-order valence-corrected chi connectivity index (χ2v) is 20.1. The Kier molecular flexibility index (Phi) is 12.0. The van der Waals surface area contributed by atoms with Gasteiger partial charge in [0.15, 0.2) is 28.6 Å². The number of ether oxygens (including phenoxy) is 4. The Balaban J connectivity index is 0.000000241. The number of carboxylic acids is 2. The van der Waals surface area contributed by atoms with Crippen LogP contribution in [0, 0.1) is 5.92 Å². The van der Waals surface area contributed by atoms with Gasteiger partial charge in [0.25, 0.3) is 0 Å². The number of carboxylic acid groups (broad SMARTS) is 2. The van der Waals surface area contributed by atoms with Gasteiger partial charge in [0.05, 0.1) is 11.2 Å². The van der Waals surface area contributed by atoms with Crippen LogP contribution < -0.4 is 9.47 Å². The van der Waals surface area contributed by atoms with Gasteiger partial charge < -0.3 is 54.7 Å². The number of aliphatic carboxylic acids is 2. The van der Waals surface area contributed by atoms with Crippen molar-refractivity contribution in [1.82, 2.24) is 0 Å². The predicted molar refractivity (Wildman–Crippen MR) is 253 cm³/mol. The highest BCUT2D eigenvalue weighted by Crippen LogP contribution is 2.64. The van der Waals surface area contributed by atoms with E-state index >= 15 is 0 Å². The Hall–Kier alpha value is -6.84. The number of ketones is 2. The van der Waals surface area contributed by atoms with Gasteiger partial charge in [0.2, 0.25) is 17.1 Å². The van der Waals surface area contributed by atoms with Crippen LogP contribution in [0.1, 0.15) is 120 Å². The summed E-state index contributed by atoms with van der Waals surface area (Å²) in [5.74, 6) is -5.11. The van der Waals surface area contributed by atoms with Crippen LogP contribution in [0.3, 0.4) is 0 Å². The van der Waals surface area contributed by atoms with Gasteiger partial charge in [-0.15, -0.1) is 0 Å². The summed E-state index contributed by atoms with van der Waals surface area (Å²) >= 11 is 0. The van der Waals surface area contributed by atoms with E-state index in [1.165, 1.54) is 42.9 Å². The van der Waals surface area contributed by atoms with Crippen molar-refractivity contribution in [3.63, 3.8) is 0 Å². The van der Waals surface area contributed by atoms with Crippen molar-refractivity contribution in [1.29, 1.82) is 0 Å². The fourth-order valence-corrected chi connectivity index (χ4v) is 10.9. The zero-order valence-electron chi connectivity index (χ0n) is 39.9. The number of rotatable bonds is 9. The first-order chi connectivity index (χ1) is 32.3. The quantitative estimate of drug-likeness (QED) is 0.0707. The summed E-state index contributed by atoms with van der Waals surface area (Å²) in [7, 11) is 0. The molecule has 0 saturated carbocycles. The second-order valence-electron chi connectivity index (χ2n) is 20.1. The van der Waals surface area contributed by atoms with E-state index in [0.29, 0.717) is 64.8 Å². The smallest absolute Gasteiger partial charge is 0.340 e. The number of fused-ring (bicyclic) bond motifs is 6. The predicted octanol–water partition coefficient (Wildman–Crippen LogP) is 8.59. The molecule has 364 valence electrons. The molecule has 0 aromatic heterocycles. The number of benzene rings is 2. The molecule has 3 aliphatic carbocycles. The summed E-state index contributed by atoms with van der Waals surface area (Å²) in [6, 6.07) is 2.77. The minimum Gasteiger partial charge on any atom is -0.506 e. The van der Waals surface area contributed by atoms with Gasteiger partial charge in [-0.3, -0.25) is 9.59 Å². The van der Waals surface area contributed by atoms with Crippen LogP contribution in [0.4, 0.5) is 0 Å². The second kappa shape index (κ2) is 17.0. The molecular weight excluding hydrogens is 889 g/mol. The molecule has 15 heteroatoms. The van der Waals surface area contributed by atoms with E-state index in [9.17, 15) is 54.9 Å². The average Bonchev–Trinajstić information content (AvgIpc) is 3.67. The third kappa shape index (κ3) is 7.75. The number of Topliss-reactive ketones (excluding diaryl/α,β-unsaturated/α-hetero) is 1. The van der Waals surface area contributed by atoms with Gasteiger partial charge >= 0.3 is 11.9 Å². The lowest BCUT2D eigenvalue weighted by atomic mass is 9.60. The molecule has 2 aromatic carbocycles. The minimum atomic E-state index is -2.16. The number of aliphatic hydroxyl groups excluding tert-OH is 1. The zero-order valence-corrected chi connectivity index (χ0v) is 39.9. The van der Waals surface area contributed by atoms with Crippen LogP contribution in [0.5, 0.6) is 28.7 Å². The van der Waals surface area contributed by atoms with Crippen molar-refractivity contribution >= 4 is 35.2 Å². The van der Waals surface area contributed by atoms with E-state index in [1.807, 2.05) is 46.8 Å². The number of hydrogen-bond acceptors (Lipinski definition) is 13. The number of allylic oxidation sites excluding steroid dienone is 7. The number of phenolic OH excluding ortho intramolecular Hbond substituents is 3. The van der Waals surface area contributed by atoms with Crippen LogP contribution >= 0.6 is 0 Å². The molecule has 7 aliphatic rings. The molecule has 1 saturated heterocycles. The Labute approximate surface area is 399 Å². The van der Waals surface area contributed by atoms with Crippen molar-refractivity contribution in [2.45, 2.75) is 128 Å². The van der Waals surface area contributed by atoms with E-state index in [1.54, 1.807) is 26.0 Å². The highest BCUT2D eigenvalue weighted by atomic mass is 16.6. The van der Waals surface area contributed by atoms with Crippen molar-refractivity contribution < 1.29 is 73.9 Å². The number of hydrogen-bond donors (Lipinski definition) is 7. The van der Waals surface area contributed by atoms with E-state index in [2.05, 4.69) is 6.08 Å². The molecular formula is C54H58O15. The molecule has 9 rings (SSSR count). The van der Waals surface area contributed by atoms with Crippen LogP contribution in [-0.4, -0.2) is 93.9 Å².